The van der Waals surface area contributed by atoms with Crippen molar-refractivity contribution in [2.24, 2.45) is 5.92 Å². The minimum absolute atomic E-state index is 0.00528. The third-order valence-electron chi connectivity index (χ3n) is 3.64. The van der Waals surface area contributed by atoms with E-state index in [9.17, 15) is 10.2 Å². The van der Waals surface area contributed by atoms with E-state index in [1.54, 1.807) is 0 Å². The van der Waals surface area contributed by atoms with E-state index in [-0.39, 0.29) is 12.5 Å². The van der Waals surface area contributed by atoms with Crippen LogP contribution < -0.4 is 4.90 Å². The fourth-order valence-electron chi connectivity index (χ4n) is 2.51. The zero-order valence-electron chi connectivity index (χ0n) is 11.7. The number of piperidine rings is 1. The molecular formula is C14H23N3O2. The van der Waals surface area contributed by atoms with E-state index in [2.05, 4.69) is 21.8 Å². The number of hydrogen-bond donors (Lipinski definition) is 2. The largest absolute Gasteiger partial charge is 0.396 e. The monoisotopic (exact) mass is 265 g/mol. The minimum Gasteiger partial charge on any atom is -0.396 e. The highest BCUT2D eigenvalue weighted by Gasteiger charge is 2.27. The lowest BCUT2D eigenvalue weighted by atomic mass is 9.95. The van der Waals surface area contributed by atoms with Gasteiger partial charge in [-0.2, -0.15) is 0 Å². The molecule has 1 aliphatic heterocycles. The third kappa shape index (κ3) is 3.42. The molecule has 0 aromatic carbocycles. The average molecular weight is 265 g/mol. The first kappa shape index (κ1) is 14.2. The predicted molar refractivity (Wildman–Crippen MR) is 74.2 cm³/mol. The van der Waals surface area contributed by atoms with Crippen LogP contribution in [0.3, 0.4) is 0 Å². The summed E-state index contributed by atoms with van der Waals surface area (Å²) < 4.78 is 0. The Kier molecular flexibility index (Phi) is 4.71. The molecule has 19 heavy (non-hydrogen) atoms. The van der Waals surface area contributed by atoms with Crippen LogP contribution in [0.4, 0.5) is 5.82 Å². The number of aryl methyl sites for hydroxylation is 2. The molecule has 0 radical (unpaired) electrons. The summed E-state index contributed by atoms with van der Waals surface area (Å²) in [7, 11) is 0. The molecule has 2 N–H and O–H groups in total. The Hall–Kier alpha value is -1.20. The fourth-order valence-corrected chi connectivity index (χ4v) is 2.51. The van der Waals surface area contributed by atoms with Crippen LogP contribution in [0.5, 0.6) is 0 Å². The van der Waals surface area contributed by atoms with Gasteiger partial charge in [0, 0.05) is 43.8 Å². The smallest absolute Gasteiger partial charge is 0.132 e. The number of rotatable bonds is 4. The number of aliphatic hydroxyl groups excluding tert-OH is 2. The summed E-state index contributed by atoms with van der Waals surface area (Å²) in [5.41, 5.74) is 0.965. The van der Waals surface area contributed by atoms with Crippen molar-refractivity contribution in [1.29, 1.82) is 0 Å². The first-order valence-corrected chi connectivity index (χ1v) is 7.02. The number of nitrogens with zero attached hydrogens (tertiary/aromatic N) is 3. The lowest BCUT2D eigenvalue weighted by Gasteiger charge is -2.36. The first-order valence-electron chi connectivity index (χ1n) is 7.02. The maximum Gasteiger partial charge on any atom is 0.132 e. The maximum atomic E-state index is 10.00. The van der Waals surface area contributed by atoms with Gasteiger partial charge >= 0.3 is 0 Å². The Morgan fingerprint density at radius 2 is 2.21 bits per heavy atom. The number of aliphatic hydroxyl groups is 2. The summed E-state index contributed by atoms with van der Waals surface area (Å²) in [6, 6.07) is 1.96. The fraction of sp³-hybridized carbons (Fsp3) is 0.714. The minimum atomic E-state index is -0.483. The molecule has 5 nitrogen and oxygen atoms in total. The molecule has 0 amide bonds. The molecule has 1 saturated heterocycles. The standard InChI is InChI=1S/C14H23N3O2/c1-3-4-13-15-10(2)7-14(16-13)17-6-5-11(9-18)12(19)8-17/h7,11-12,18-19H,3-6,8-9H2,1-2H3/t11-,12-/m1/s1. The topological polar surface area (TPSA) is 69.5 Å². The molecule has 0 spiro atoms. The molecule has 1 aromatic rings. The highest BCUT2D eigenvalue weighted by atomic mass is 16.3. The lowest BCUT2D eigenvalue weighted by Crippen LogP contribution is -2.45. The number of anilines is 1. The van der Waals surface area contributed by atoms with Crippen LogP contribution in [0.25, 0.3) is 0 Å². The van der Waals surface area contributed by atoms with Crippen LogP contribution in [0, 0.1) is 12.8 Å². The summed E-state index contributed by atoms with van der Waals surface area (Å²) >= 11 is 0. The third-order valence-corrected chi connectivity index (χ3v) is 3.64. The molecule has 5 heteroatoms. The Bertz CT molecular complexity index is 425. The van der Waals surface area contributed by atoms with Gasteiger partial charge in [-0.05, 0) is 19.8 Å². The molecule has 1 aromatic heterocycles. The molecule has 0 unspecified atom stereocenters. The van der Waals surface area contributed by atoms with Crippen molar-refractivity contribution in [3.8, 4) is 0 Å². The normalized spacial score (nSPS) is 23.7. The molecule has 106 valence electrons. The van der Waals surface area contributed by atoms with Crippen LogP contribution >= 0.6 is 0 Å². The zero-order chi connectivity index (χ0) is 13.8. The summed E-state index contributed by atoms with van der Waals surface area (Å²) in [5, 5.41) is 19.2. The van der Waals surface area contributed by atoms with Gasteiger partial charge in [-0.25, -0.2) is 9.97 Å². The van der Waals surface area contributed by atoms with E-state index in [0.29, 0.717) is 6.54 Å². The van der Waals surface area contributed by atoms with Crippen LogP contribution in [-0.4, -0.2) is 46.0 Å². The van der Waals surface area contributed by atoms with Gasteiger partial charge in [-0.1, -0.05) is 6.92 Å². The second-order valence-electron chi connectivity index (χ2n) is 5.28. The molecule has 2 heterocycles. The van der Waals surface area contributed by atoms with Crippen LogP contribution in [0.2, 0.25) is 0 Å². The van der Waals surface area contributed by atoms with Gasteiger partial charge in [-0.15, -0.1) is 0 Å². The number of hydrogen-bond acceptors (Lipinski definition) is 5. The van der Waals surface area contributed by atoms with E-state index in [1.807, 2.05) is 13.0 Å². The van der Waals surface area contributed by atoms with Gasteiger partial charge < -0.3 is 15.1 Å². The van der Waals surface area contributed by atoms with Crippen LogP contribution in [-0.2, 0) is 6.42 Å². The van der Waals surface area contributed by atoms with Crippen molar-refractivity contribution in [3.63, 3.8) is 0 Å². The van der Waals surface area contributed by atoms with Crippen molar-refractivity contribution in [3.05, 3.63) is 17.6 Å². The highest BCUT2D eigenvalue weighted by Crippen LogP contribution is 2.22. The lowest BCUT2D eigenvalue weighted by molar-refractivity contribution is 0.0546. The second kappa shape index (κ2) is 6.30. The van der Waals surface area contributed by atoms with Gasteiger partial charge in [0.2, 0.25) is 0 Å². The average Bonchev–Trinajstić information content (AvgIpc) is 2.38. The van der Waals surface area contributed by atoms with Gasteiger partial charge in [-0.3, -0.25) is 0 Å². The Balaban J connectivity index is 2.13. The van der Waals surface area contributed by atoms with E-state index in [4.69, 9.17) is 0 Å². The Morgan fingerprint density at radius 1 is 1.42 bits per heavy atom. The van der Waals surface area contributed by atoms with Crippen LogP contribution in [0.15, 0.2) is 6.07 Å². The molecular weight excluding hydrogens is 242 g/mol. The van der Waals surface area contributed by atoms with E-state index in [0.717, 1.165) is 43.1 Å². The molecule has 0 bridgehead atoms. The van der Waals surface area contributed by atoms with Crippen molar-refractivity contribution in [1.82, 2.24) is 9.97 Å². The summed E-state index contributed by atoms with van der Waals surface area (Å²) in [6.45, 7) is 5.50. The molecule has 1 fully saturated rings. The van der Waals surface area contributed by atoms with E-state index < -0.39 is 6.10 Å². The quantitative estimate of drug-likeness (QED) is 0.847. The predicted octanol–water partition coefficient (Wildman–Crippen LogP) is 0.917. The summed E-state index contributed by atoms with van der Waals surface area (Å²) in [6.07, 6.45) is 2.22. The summed E-state index contributed by atoms with van der Waals surface area (Å²) in [5.74, 6) is 1.76. The Labute approximate surface area is 114 Å². The second-order valence-corrected chi connectivity index (χ2v) is 5.28. The van der Waals surface area contributed by atoms with Gasteiger partial charge in [0.15, 0.2) is 0 Å². The number of aromatic nitrogens is 2. The van der Waals surface area contributed by atoms with Crippen molar-refractivity contribution in [2.45, 2.75) is 39.2 Å². The molecule has 0 saturated carbocycles. The molecule has 1 aliphatic rings. The van der Waals surface area contributed by atoms with Gasteiger partial charge in [0.1, 0.15) is 11.6 Å². The van der Waals surface area contributed by atoms with Crippen LogP contribution in [0.1, 0.15) is 31.3 Å². The molecule has 2 rings (SSSR count). The van der Waals surface area contributed by atoms with E-state index >= 15 is 0 Å². The van der Waals surface area contributed by atoms with Gasteiger partial charge in [0.25, 0.3) is 0 Å². The summed E-state index contributed by atoms with van der Waals surface area (Å²) in [4.78, 5) is 11.1. The van der Waals surface area contributed by atoms with Crippen molar-refractivity contribution in [2.75, 3.05) is 24.6 Å². The molecule has 0 aliphatic carbocycles. The van der Waals surface area contributed by atoms with Gasteiger partial charge in [0.05, 0.1) is 6.10 Å². The van der Waals surface area contributed by atoms with E-state index in [1.165, 1.54) is 0 Å². The van der Waals surface area contributed by atoms with Crippen molar-refractivity contribution < 1.29 is 10.2 Å². The first-order chi connectivity index (χ1) is 9.13. The zero-order valence-corrected chi connectivity index (χ0v) is 11.7. The van der Waals surface area contributed by atoms with Crippen molar-refractivity contribution >= 4 is 5.82 Å². The SMILES string of the molecule is CCCc1nc(C)cc(N2CC[C@H](CO)[C@H](O)C2)n1. The Morgan fingerprint density at radius 3 is 2.84 bits per heavy atom. The number of β-amino-alcohol motifs (C(OH)–C–C–N with tert-alkyl or cyclic N) is 1. The highest BCUT2D eigenvalue weighted by molar-refractivity contribution is 5.40. The molecule has 2 atom stereocenters. The maximum absolute atomic E-state index is 10.00.